The van der Waals surface area contributed by atoms with E-state index in [1.165, 1.54) is 0 Å². The Bertz CT molecular complexity index is 398. The van der Waals surface area contributed by atoms with E-state index in [0.29, 0.717) is 6.54 Å². The lowest BCUT2D eigenvalue weighted by molar-refractivity contribution is 0.412. The van der Waals surface area contributed by atoms with Crippen molar-refractivity contribution in [2.24, 2.45) is 0 Å². The van der Waals surface area contributed by atoms with Crippen LogP contribution in [0.15, 0.2) is 35.2 Å². The van der Waals surface area contributed by atoms with Gasteiger partial charge in [0.05, 0.1) is 6.54 Å². The molecule has 0 bridgehead atoms. The molecular weight excluding hydrogens is 178 g/mol. The van der Waals surface area contributed by atoms with E-state index in [2.05, 4.69) is 15.5 Å². The fourth-order valence-corrected chi connectivity index (χ4v) is 1.18. The smallest absolute Gasteiger partial charge is 0.124 e. The molecule has 0 amide bonds. The van der Waals surface area contributed by atoms with E-state index < -0.39 is 0 Å². The first-order valence-electron chi connectivity index (χ1n) is 4.40. The molecule has 72 valence electrons. The van der Waals surface area contributed by atoms with Crippen LogP contribution in [0.2, 0.25) is 0 Å². The lowest BCUT2D eigenvalue weighted by atomic mass is 10.3. The third kappa shape index (κ3) is 2.10. The highest BCUT2D eigenvalue weighted by atomic mass is 16.5. The fraction of sp³-hybridized carbons (Fsp3) is 0.200. The van der Waals surface area contributed by atoms with Gasteiger partial charge in [-0.15, -0.1) is 0 Å². The van der Waals surface area contributed by atoms with Crippen molar-refractivity contribution < 1.29 is 4.52 Å². The molecular formula is C10H11N3O. The summed E-state index contributed by atoms with van der Waals surface area (Å²) >= 11 is 0. The number of nitrogens with zero attached hydrogens (tertiary/aromatic N) is 2. The van der Waals surface area contributed by atoms with Gasteiger partial charge in [0, 0.05) is 23.6 Å². The normalized spacial score (nSPS) is 10.1. The average Bonchev–Trinajstić information content (AvgIpc) is 2.67. The van der Waals surface area contributed by atoms with Crippen molar-refractivity contribution in [3.8, 4) is 0 Å². The van der Waals surface area contributed by atoms with Gasteiger partial charge < -0.3 is 9.84 Å². The van der Waals surface area contributed by atoms with Crippen molar-refractivity contribution in [1.29, 1.82) is 0 Å². The highest BCUT2D eigenvalue weighted by molar-refractivity contribution is 5.43. The summed E-state index contributed by atoms with van der Waals surface area (Å²) in [6, 6.07) is 5.74. The van der Waals surface area contributed by atoms with Crippen LogP contribution in [0.4, 0.5) is 5.69 Å². The summed E-state index contributed by atoms with van der Waals surface area (Å²) in [4.78, 5) is 4.11. The Morgan fingerprint density at radius 3 is 3.07 bits per heavy atom. The third-order valence-electron chi connectivity index (χ3n) is 1.86. The van der Waals surface area contributed by atoms with Crippen LogP contribution in [0.25, 0.3) is 0 Å². The van der Waals surface area contributed by atoms with Crippen LogP contribution in [0.3, 0.4) is 0 Å². The molecule has 4 nitrogen and oxygen atoms in total. The lowest BCUT2D eigenvalue weighted by Crippen LogP contribution is -1.99. The molecule has 0 aromatic carbocycles. The van der Waals surface area contributed by atoms with Crippen LogP contribution in [0, 0.1) is 6.92 Å². The average molecular weight is 189 g/mol. The van der Waals surface area contributed by atoms with E-state index in [-0.39, 0.29) is 0 Å². The Morgan fingerprint density at radius 1 is 1.43 bits per heavy atom. The molecule has 2 rings (SSSR count). The summed E-state index contributed by atoms with van der Waals surface area (Å²) in [5.41, 5.74) is 2.93. The van der Waals surface area contributed by atoms with Crippen molar-refractivity contribution >= 4 is 5.69 Å². The molecule has 0 aliphatic carbocycles. The molecule has 0 spiro atoms. The lowest BCUT2D eigenvalue weighted by Gasteiger charge is -2.03. The minimum Gasteiger partial charge on any atom is -0.379 e. The quantitative estimate of drug-likeness (QED) is 0.802. The Balaban J connectivity index is 1.98. The summed E-state index contributed by atoms with van der Waals surface area (Å²) in [7, 11) is 0. The predicted octanol–water partition coefficient (Wildman–Crippen LogP) is 1.99. The van der Waals surface area contributed by atoms with E-state index in [1.54, 1.807) is 12.5 Å². The van der Waals surface area contributed by atoms with Gasteiger partial charge in [-0.05, 0) is 19.1 Å². The number of aromatic nitrogens is 2. The van der Waals surface area contributed by atoms with Crippen LogP contribution in [0.5, 0.6) is 0 Å². The zero-order valence-electron chi connectivity index (χ0n) is 7.90. The molecule has 0 aliphatic rings. The van der Waals surface area contributed by atoms with Gasteiger partial charge in [0.2, 0.25) is 0 Å². The number of nitrogens with one attached hydrogen (secondary N) is 1. The summed E-state index contributed by atoms with van der Waals surface area (Å²) in [5, 5.41) is 7.03. The van der Waals surface area contributed by atoms with Gasteiger partial charge >= 0.3 is 0 Å². The van der Waals surface area contributed by atoms with Gasteiger partial charge in [0.1, 0.15) is 12.0 Å². The second-order valence-electron chi connectivity index (χ2n) is 3.03. The summed E-state index contributed by atoms with van der Waals surface area (Å²) in [5.74, 6) is 0. The molecule has 2 aromatic heterocycles. The largest absolute Gasteiger partial charge is 0.379 e. The van der Waals surface area contributed by atoms with E-state index >= 15 is 0 Å². The number of anilines is 1. The molecule has 2 heterocycles. The standard InChI is InChI=1S/C10H11N3O/c1-8-6-9(2-4-11-8)12-7-10-3-5-14-13-10/h2-6H,7H2,1H3,(H,11,12). The zero-order chi connectivity index (χ0) is 9.80. The second-order valence-corrected chi connectivity index (χ2v) is 3.03. The Labute approximate surface area is 82.0 Å². The molecule has 0 unspecified atom stereocenters. The van der Waals surface area contributed by atoms with Crippen molar-refractivity contribution in [2.75, 3.05) is 5.32 Å². The van der Waals surface area contributed by atoms with Crippen LogP contribution < -0.4 is 5.32 Å². The van der Waals surface area contributed by atoms with Gasteiger partial charge in [0.25, 0.3) is 0 Å². The van der Waals surface area contributed by atoms with Gasteiger partial charge in [-0.2, -0.15) is 0 Å². The summed E-state index contributed by atoms with van der Waals surface area (Å²) in [6.45, 7) is 2.63. The number of hydrogen-bond acceptors (Lipinski definition) is 4. The summed E-state index contributed by atoms with van der Waals surface area (Å²) < 4.78 is 4.72. The van der Waals surface area contributed by atoms with E-state index in [9.17, 15) is 0 Å². The minimum absolute atomic E-state index is 0.667. The van der Waals surface area contributed by atoms with Gasteiger partial charge in [-0.3, -0.25) is 4.98 Å². The molecule has 4 heteroatoms. The first-order chi connectivity index (χ1) is 6.84. The Kier molecular flexibility index (Phi) is 2.44. The molecule has 1 N–H and O–H groups in total. The maximum atomic E-state index is 4.72. The zero-order valence-corrected chi connectivity index (χ0v) is 7.90. The molecule has 0 saturated carbocycles. The number of aryl methyl sites for hydroxylation is 1. The molecule has 0 aliphatic heterocycles. The van der Waals surface area contributed by atoms with Crippen LogP contribution >= 0.6 is 0 Å². The SMILES string of the molecule is Cc1cc(NCc2ccon2)ccn1. The van der Waals surface area contributed by atoms with Crippen molar-refractivity contribution in [3.63, 3.8) is 0 Å². The highest BCUT2D eigenvalue weighted by Gasteiger charge is 1.96. The molecule has 0 saturated heterocycles. The monoisotopic (exact) mass is 189 g/mol. The van der Waals surface area contributed by atoms with Gasteiger partial charge in [0.15, 0.2) is 0 Å². The van der Waals surface area contributed by atoms with Crippen LogP contribution in [-0.4, -0.2) is 10.1 Å². The van der Waals surface area contributed by atoms with Crippen molar-refractivity contribution in [3.05, 3.63) is 42.0 Å². The van der Waals surface area contributed by atoms with Crippen LogP contribution in [0.1, 0.15) is 11.4 Å². The van der Waals surface area contributed by atoms with Crippen LogP contribution in [-0.2, 0) is 6.54 Å². The van der Waals surface area contributed by atoms with Crippen molar-refractivity contribution in [2.45, 2.75) is 13.5 Å². The van der Waals surface area contributed by atoms with E-state index in [0.717, 1.165) is 17.1 Å². The number of rotatable bonds is 3. The minimum atomic E-state index is 0.667. The highest BCUT2D eigenvalue weighted by Crippen LogP contribution is 2.08. The summed E-state index contributed by atoms with van der Waals surface area (Å²) in [6.07, 6.45) is 3.34. The maximum absolute atomic E-state index is 4.72. The maximum Gasteiger partial charge on any atom is 0.124 e. The number of hydrogen-bond donors (Lipinski definition) is 1. The first-order valence-corrected chi connectivity index (χ1v) is 4.40. The molecule has 14 heavy (non-hydrogen) atoms. The fourth-order valence-electron chi connectivity index (χ4n) is 1.18. The van der Waals surface area contributed by atoms with Crippen molar-refractivity contribution in [1.82, 2.24) is 10.1 Å². The third-order valence-corrected chi connectivity index (χ3v) is 1.86. The Hall–Kier alpha value is -1.84. The topological polar surface area (TPSA) is 51.0 Å². The predicted molar refractivity (Wildman–Crippen MR) is 52.8 cm³/mol. The Morgan fingerprint density at radius 2 is 2.36 bits per heavy atom. The van der Waals surface area contributed by atoms with E-state index in [1.807, 2.05) is 25.1 Å². The second kappa shape index (κ2) is 3.91. The van der Waals surface area contributed by atoms with Gasteiger partial charge in [-0.25, -0.2) is 0 Å². The molecule has 2 aromatic rings. The molecule has 0 atom stereocenters. The first kappa shape index (κ1) is 8.74. The number of pyridine rings is 1. The van der Waals surface area contributed by atoms with E-state index in [4.69, 9.17) is 4.52 Å². The molecule has 0 fully saturated rings. The van der Waals surface area contributed by atoms with Gasteiger partial charge in [-0.1, -0.05) is 5.16 Å². The molecule has 0 radical (unpaired) electrons.